The Bertz CT molecular complexity index is 1600. The fraction of sp³-hybridized carbons (Fsp3) is 0.681. The zero-order valence-corrected chi connectivity index (χ0v) is 37.5. The van der Waals surface area contributed by atoms with E-state index in [1.165, 1.54) is 61.7 Å². The van der Waals surface area contributed by atoms with E-state index in [0.29, 0.717) is 47.1 Å². The maximum atomic E-state index is 13.6. The van der Waals surface area contributed by atoms with Crippen LogP contribution in [0.1, 0.15) is 92.6 Å². The lowest BCUT2D eigenvalue weighted by atomic mass is 9.66. The van der Waals surface area contributed by atoms with Gasteiger partial charge in [-0.05, 0) is 91.0 Å². The first-order chi connectivity index (χ1) is 28.4. The van der Waals surface area contributed by atoms with E-state index in [9.17, 15) is 4.79 Å². The summed E-state index contributed by atoms with van der Waals surface area (Å²) in [6.07, 6.45) is 17.5. The second-order valence-corrected chi connectivity index (χ2v) is 18.4. The molecule has 58 heavy (non-hydrogen) atoms. The van der Waals surface area contributed by atoms with Gasteiger partial charge in [-0.1, -0.05) is 75.9 Å². The van der Waals surface area contributed by atoms with Crippen molar-refractivity contribution in [2.45, 2.75) is 88.8 Å². The molecule has 11 heteroatoms. The minimum Gasteiger partial charge on any atom is -0.491 e. The van der Waals surface area contributed by atoms with Crippen molar-refractivity contribution >= 4 is 35.2 Å². The van der Waals surface area contributed by atoms with Crippen LogP contribution in [0.25, 0.3) is 0 Å². The number of nitrogens with zero attached hydrogens (tertiary/aromatic N) is 3. The first-order valence-corrected chi connectivity index (χ1v) is 23.7. The number of carbonyl (C=O) groups is 1. The van der Waals surface area contributed by atoms with E-state index in [0.717, 1.165) is 102 Å². The Morgan fingerprint density at radius 1 is 0.983 bits per heavy atom. The minimum atomic E-state index is -0.196. The van der Waals surface area contributed by atoms with Crippen LogP contribution in [-0.4, -0.2) is 113 Å². The molecule has 2 saturated carbocycles. The predicted octanol–water partition coefficient (Wildman–Crippen LogP) is 8.86. The number of methoxy groups -OCH3 is 1. The molecule has 7 atom stereocenters. The van der Waals surface area contributed by atoms with Crippen LogP contribution in [0.4, 0.5) is 5.69 Å². The van der Waals surface area contributed by atoms with Gasteiger partial charge >= 0.3 is 0 Å². The molecule has 0 spiro atoms. The number of nitrogens with one attached hydrogen (secondary N) is 1. The van der Waals surface area contributed by atoms with E-state index in [1.807, 2.05) is 12.1 Å². The highest BCUT2D eigenvalue weighted by Crippen LogP contribution is 2.45. The Hall–Kier alpha value is -2.31. The average Bonchev–Trinajstić information content (AvgIpc) is 3.40. The second-order valence-electron chi connectivity index (χ2n) is 17.5. The van der Waals surface area contributed by atoms with Gasteiger partial charge < -0.3 is 19.1 Å². The smallest absolute Gasteiger partial charge is 0.275 e. The van der Waals surface area contributed by atoms with Crippen LogP contribution in [0, 0.1) is 29.6 Å². The summed E-state index contributed by atoms with van der Waals surface area (Å²) in [5.74, 6) is 3.87. The average molecular weight is 840 g/mol. The SMILES string of the molecule is CCCc1ccccc1C1COc2ccc3cc2N(C1)CC1CCC1C(CN1CCN2CCOCC2C1)/C=C/CC(C)C(CC1CCC1)SONC3=O.CCl.COC. The molecule has 2 aliphatic carbocycles. The molecule has 4 aliphatic heterocycles. The van der Waals surface area contributed by atoms with Gasteiger partial charge in [-0.25, -0.2) is 9.76 Å². The van der Waals surface area contributed by atoms with Crippen LogP contribution in [0.2, 0.25) is 0 Å². The molecule has 2 saturated heterocycles. The number of carbonyl (C=O) groups excluding carboxylic acids is 1. The van der Waals surface area contributed by atoms with E-state index in [2.05, 4.69) is 92.8 Å². The molecule has 8 rings (SSSR count). The summed E-state index contributed by atoms with van der Waals surface area (Å²) < 4.78 is 22.8. The van der Waals surface area contributed by atoms with Crippen molar-refractivity contribution in [3.63, 3.8) is 0 Å². The van der Waals surface area contributed by atoms with Crippen molar-refractivity contribution in [3.8, 4) is 5.75 Å². The molecule has 0 radical (unpaired) electrons. The fourth-order valence-corrected chi connectivity index (χ4v) is 10.8. The van der Waals surface area contributed by atoms with Gasteiger partial charge in [0.1, 0.15) is 5.75 Å². The number of anilines is 1. The van der Waals surface area contributed by atoms with Crippen molar-refractivity contribution < 1.29 is 23.3 Å². The van der Waals surface area contributed by atoms with Crippen LogP contribution in [0.3, 0.4) is 0 Å². The number of rotatable bonds is 7. The Morgan fingerprint density at radius 3 is 2.57 bits per heavy atom. The van der Waals surface area contributed by atoms with Crippen molar-refractivity contribution in [3.05, 3.63) is 71.3 Å². The molecule has 322 valence electrons. The number of aryl methyl sites for hydroxylation is 1. The van der Waals surface area contributed by atoms with Crippen molar-refractivity contribution in [1.29, 1.82) is 0 Å². The largest absolute Gasteiger partial charge is 0.491 e. The van der Waals surface area contributed by atoms with Crippen LogP contribution < -0.4 is 15.1 Å². The number of hydroxylamine groups is 1. The van der Waals surface area contributed by atoms with Crippen molar-refractivity contribution in [2.75, 3.05) is 91.1 Å². The molecule has 2 aromatic carbocycles. The number of hydrogen-bond donors (Lipinski definition) is 1. The molecule has 4 heterocycles. The van der Waals surface area contributed by atoms with Crippen LogP contribution >= 0.6 is 23.6 Å². The third-order valence-electron chi connectivity index (χ3n) is 13.6. The summed E-state index contributed by atoms with van der Waals surface area (Å²) in [5, 5.41) is 0.332. The molecular formula is C47H71ClN4O5S. The van der Waals surface area contributed by atoms with Gasteiger partial charge in [0.05, 0.1) is 25.5 Å². The number of benzene rings is 2. The third-order valence-corrected chi connectivity index (χ3v) is 14.6. The molecule has 2 bridgehead atoms. The van der Waals surface area contributed by atoms with Gasteiger partial charge in [0.2, 0.25) is 0 Å². The number of piperazine rings is 1. The van der Waals surface area contributed by atoms with Gasteiger partial charge in [0.15, 0.2) is 0 Å². The number of halogens is 1. The molecule has 6 aliphatic rings. The predicted molar refractivity (Wildman–Crippen MR) is 239 cm³/mol. The Morgan fingerprint density at radius 2 is 1.81 bits per heavy atom. The Kier molecular flexibility index (Phi) is 18.0. The normalized spacial score (nSPS) is 30.1. The summed E-state index contributed by atoms with van der Waals surface area (Å²) in [6.45, 7) is 14.4. The number of ether oxygens (including phenoxy) is 3. The number of alkyl halides is 1. The number of hydrogen-bond acceptors (Lipinski definition) is 9. The minimum absolute atomic E-state index is 0.196. The molecular weight excluding hydrogens is 768 g/mol. The molecule has 9 nitrogen and oxygen atoms in total. The molecule has 1 amide bonds. The maximum absolute atomic E-state index is 13.6. The lowest BCUT2D eigenvalue weighted by molar-refractivity contribution is -0.0492. The zero-order chi connectivity index (χ0) is 40.9. The standard InChI is InChI=1S/C44H62N4O4S.C2H6O.CH3Cl/c1-3-8-33-12-4-5-14-39(33)37-27-48-26-36-15-17-40(36)35(25-46-19-20-47-21-22-50-30-38(47)28-46)13-6-9-31(2)43(23-32-10-7-11-32)53-52-45-44(49)34-16-18-42(51-29-37)41(48)24-34;1-3-2;1-2/h4-6,12-14,16,18,24,31-32,35-38,40,43H,3,7-11,15,17,19-23,25-30H2,1-2H3,(H,45,49);1-2H3;1H3/b13-6+;;. The number of amides is 1. The number of morpholine rings is 1. The molecule has 1 N–H and O–H groups in total. The van der Waals surface area contributed by atoms with E-state index >= 15 is 0 Å². The summed E-state index contributed by atoms with van der Waals surface area (Å²) in [6, 6.07) is 15.4. The molecule has 2 aromatic rings. The van der Waals surface area contributed by atoms with Gasteiger partial charge in [-0.2, -0.15) is 0 Å². The number of fused-ring (bicyclic) bond motifs is 3. The quantitative estimate of drug-likeness (QED) is 0.167. The maximum Gasteiger partial charge on any atom is 0.275 e. The highest BCUT2D eigenvalue weighted by molar-refractivity contribution is 7.95. The number of allylic oxidation sites excluding steroid dienone is 1. The van der Waals surface area contributed by atoms with Crippen LogP contribution in [0.5, 0.6) is 5.75 Å². The van der Waals surface area contributed by atoms with E-state index < -0.39 is 0 Å². The molecule has 0 aromatic heterocycles. The monoisotopic (exact) mass is 838 g/mol. The third kappa shape index (κ3) is 11.7. The van der Waals surface area contributed by atoms with Crippen molar-refractivity contribution in [2.24, 2.45) is 29.6 Å². The highest BCUT2D eigenvalue weighted by atomic mass is 35.5. The lowest BCUT2D eigenvalue weighted by Gasteiger charge is -2.48. The first-order valence-electron chi connectivity index (χ1n) is 22.1. The Labute approximate surface area is 359 Å². The summed E-state index contributed by atoms with van der Waals surface area (Å²) in [4.78, 5) is 21.6. The van der Waals surface area contributed by atoms with Crippen LogP contribution in [-0.2, 0) is 20.2 Å². The van der Waals surface area contributed by atoms with Gasteiger partial charge in [0.25, 0.3) is 5.91 Å². The van der Waals surface area contributed by atoms with E-state index in [4.69, 9.17) is 13.8 Å². The lowest BCUT2D eigenvalue weighted by Crippen LogP contribution is -2.59. The van der Waals surface area contributed by atoms with E-state index in [-0.39, 0.29) is 11.8 Å². The first kappa shape index (κ1) is 45.2. The van der Waals surface area contributed by atoms with Gasteiger partial charge in [-0.3, -0.25) is 14.6 Å². The summed E-state index contributed by atoms with van der Waals surface area (Å²) >= 11 is 6.11. The van der Waals surface area contributed by atoms with Gasteiger partial charge in [-0.15, -0.1) is 11.6 Å². The van der Waals surface area contributed by atoms with Crippen LogP contribution in [0.15, 0.2) is 54.6 Å². The molecule has 7 unspecified atom stereocenters. The molecule has 4 fully saturated rings. The second kappa shape index (κ2) is 23.1. The fourth-order valence-electron chi connectivity index (χ4n) is 9.93. The topological polar surface area (TPSA) is 75.7 Å². The Balaban J connectivity index is 0.00000108. The highest BCUT2D eigenvalue weighted by Gasteiger charge is 2.40. The van der Waals surface area contributed by atoms with Crippen molar-refractivity contribution in [1.82, 2.24) is 15.3 Å². The summed E-state index contributed by atoms with van der Waals surface area (Å²) in [5.41, 5.74) is 7.29. The zero-order valence-electron chi connectivity index (χ0n) is 35.9. The van der Waals surface area contributed by atoms with E-state index in [1.54, 1.807) is 14.2 Å². The van der Waals surface area contributed by atoms with Gasteiger partial charge in [0, 0.05) is 101 Å². The summed E-state index contributed by atoms with van der Waals surface area (Å²) in [7, 11) is 3.25.